The van der Waals surface area contributed by atoms with Crippen molar-refractivity contribution in [3.8, 4) is 11.5 Å². The standard InChI is InChI=1S/C24H24N2O3/c1-26(16-17-7-4-3-5-8-17)20-10-6-9-19(15-20)21(24(25)28)13-18-11-12-23(29-2)22(27)14-18/h3-15,27H,16H2,1-2H3,(H2,25,28). The van der Waals surface area contributed by atoms with E-state index in [1.165, 1.54) is 18.7 Å². The van der Waals surface area contributed by atoms with Crippen LogP contribution in [0.25, 0.3) is 11.6 Å². The number of carbonyl (C=O) groups excluding carboxylic acids is 1. The molecule has 3 aromatic rings. The number of ether oxygens (including phenoxy) is 1. The second-order valence-corrected chi connectivity index (χ2v) is 6.75. The number of nitrogens with zero attached hydrogens (tertiary/aromatic N) is 1. The van der Waals surface area contributed by atoms with Crippen LogP contribution in [0.4, 0.5) is 5.69 Å². The van der Waals surface area contributed by atoms with Gasteiger partial charge in [-0.3, -0.25) is 4.79 Å². The molecule has 3 aromatic carbocycles. The molecule has 0 spiro atoms. The number of carbonyl (C=O) groups is 1. The Hall–Kier alpha value is -3.73. The fourth-order valence-electron chi connectivity index (χ4n) is 3.12. The molecule has 0 fully saturated rings. The van der Waals surface area contributed by atoms with E-state index in [1.807, 2.05) is 49.5 Å². The molecule has 3 N–H and O–H groups in total. The first-order chi connectivity index (χ1) is 14.0. The number of nitrogens with two attached hydrogens (primary N) is 1. The largest absolute Gasteiger partial charge is 0.504 e. The Morgan fingerprint density at radius 2 is 1.83 bits per heavy atom. The second kappa shape index (κ2) is 8.97. The predicted octanol–water partition coefficient (Wildman–Crippen LogP) is 4.06. The van der Waals surface area contributed by atoms with Gasteiger partial charge in [0.25, 0.3) is 0 Å². The van der Waals surface area contributed by atoms with E-state index in [0.29, 0.717) is 22.4 Å². The first-order valence-electron chi connectivity index (χ1n) is 9.22. The highest BCUT2D eigenvalue weighted by molar-refractivity contribution is 6.23. The molecule has 0 heterocycles. The summed E-state index contributed by atoms with van der Waals surface area (Å²) in [4.78, 5) is 14.2. The van der Waals surface area contributed by atoms with Gasteiger partial charge in [0.1, 0.15) is 0 Å². The third-order valence-corrected chi connectivity index (χ3v) is 4.64. The van der Waals surface area contributed by atoms with Crippen molar-refractivity contribution in [3.63, 3.8) is 0 Å². The van der Waals surface area contributed by atoms with Crippen LogP contribution in [0.5, 0.6) is 11.5 Å². The summed E-state index contributed by atoms with van der Waals surface area (Å²) < 4.78 is 5.06. The van der Waals surface area contributed by atoms with E-state index in [-0.39, 0.29) is 5.75 Å². The van der Waals surface area contributed by atoms with Gasteiger partial charge >= 0.3 is 0 Å². The quantitative estimate of drug-likeness (QED) is 0.473. The molecule has 0 saturated heterocycles. The average Bonchev–Trinajstić information content (AvgIpc) is 2.72. The Balaban J connectivity index is 1.91. The van der Waals surface area contributed by atoms with Crippen molar-refractivity contribution in [2.45, 2.75) is 6.54 Å². The van der Waals surface area contributed by atoms with Crippen LogP contribution >= 0.6 is 0 Å². The smallest absolute Gasteiger partial charge is 0.249 e. The molecule has 0 aliphatic heterocycles. The average molecular weight is 388 g/mol. The lowest BCUT2D eigenvalue weighted by atomic mass is 10.0. The summed E-state index contributed by atoms with van der Waals surface area (Å²) in [6.07, 6.45) is 1.66. The van der Waals surface area contributed by atoms with Crippen LogP contribution in [-0.2, 0) is 11.3 Å². The Labute approximate surface area is 170 Å². The number of phenols is 1. The van der Waals surface area contributed by atoms with Crippen molar-refractivity contribution in [1.82, 2.24) is 0 Å². The van der Waals surface area contributed by atoms with Crippen molar-refractivity contribution in [3.05, 3.63) is 89.5 Å². The van der Waals surface area contributed by atoms with Crippen LogP contribution in [0.3, 0.4) is 0 Å². The lowest BCUT2D eigenvalue weighted by Crippen LogP contribution is -2.17. The number of methoxy groups -OCH3 is 1. The topological polar surface area (TPSA) is 75.8 Å². The van der Waals surface area contributed by atoms with Crippen molar-refractivity contribution >= 4 is 23.2 Å². The van der Waals surface area contributed by atoms with Crippen LogP contribution in [0.1, 0.15) is 16.7 Å². The molecule has 5 heteroatoms. The molecular formula is C24H24N2O3. The summed E-state index contributed by atoms with van der Waals surface area (Å²) in [5.41, 5.74) is 9.55. The molecule has 0 unspecified atom stereocenters. The number of aromatic hydroxyl groups is 1. The first kappa shape index (κ1) is 20.0. The second-order valence-electron chi connectivity index (χ2n) is 6.75. The summed E-state index contributed by atoms with van der Waals surface area (Å²) >= 11 is 0. The first-order valence-corrected chi connectivity index (χ1v) is 9.22. The van der Waals surface area contributed by atoms with Crippen molar-refractivity contribution in [2.24, 2.45) is 5.73 Å². The maximum atomic E-state index is 12.1. The summed E-state index contributed by atoms with van der Waals surface area (Å²) in [5, 5.41) is 9.99. The number of anilines is 1. The van der Waals surface area contributed by atoms with Gasteiger partial charge in [0.05, 0.1) is 7.11 Å². The molecule has 0 saturated carbocycles. The highest BCUT2D eigenvalue weighted by Crippen LogP contribution is 2.29. The van der Waals surface area contributed by atoms with Gasteiger partial charge in [-0.15, -0.1) is 0 Å². The van der Waals surface area contributed by atoms with Crippen LogP contribution in [-0.4, -0.2) is 25.2 Å². The number of hydrogen-bond donors (Lipinski definition) is 2. The number of amides is 1. The molecule has 0 radical (unpaired) electrons. The Bertz CT molecular complexity index is 1030. The molecule has 0 aliphatic carbocycles. The fraction of sp³-hybridized carbons (Fsp3) is 0.125. The lowest BCUT2D eigenvalue weighted by molar-refractivity contribution is -0.112. The lowest BCUT2D eigenvalue weighted by Gasteiger charge is -2.20. The van der Waals surface area contributed by atoms with Crippen molar-refractivity contribution in [1.29, 1.82) is 0 Å². The highest BCUT2D eigenvalue weighted by Gasteiger charge is 2.12. The van der Waals surface area contributed by atoms with E-state index in [2.05, 4.69) is 17.0 Å². The fourth-order valence-corrected chi connectivity index (χ4v) is 3.12. The minimum Gasteiger partial charge on any atom is -0.504 e. The van der Waals surface area contributed by atoms with Gasteiger partial charge in [-0.05, 0) is 47.0 Å². The Morgan fingerprint density at radius 3 is 2.48 bits per heavy atom. The minimum atomic E-state index is -0.539. The van der Waals surface area contributed by atoms with E-state index in [4.69, 9.17) is 10.5 Å². The maximum Gasteiger partial charge on any atom is 0.249 e. The summed E-state index contributed by atoms with van der Waals surface area (Å²) in [6, 6.07) is 22.8. The SMILES string of the molecule is COc1ccc(C=C(C(N)=O)c2cccc(N(C)Cc3ccccc3)c2)cc1O. The molecule has 1 amide bonds. The summed E-state index contributed by atoms with van der Waals surface area (Å²) in [5.74, 6) is -0.170. The van der Waals surface area contributed by atoms with Gasteiger partial charge in [0.15, 0.2) is 11.5 Å². The van der Waals surface area contributed by atoms with E-state index in [9.17, 15) is 9.90 Å². The number of rotatable bonds is 7. The summed E-state index contributed by atoms with van der Waals surface area (Å²) in [7, 11) is 3.48. The molecule has 0 bridgehead atoms. The van der Waals surface area contributed by atoms with Crippen molar-refractivity contribution in [2.75, 3.05) is 19.1 Å². The zero-order valence-corrected chi connectivity index (χ0v) is 16.5. The van der Waals surface area contributed by atoms with Crippen LogP contribution in [0.2, 0.25) is 0 Å². The number of primary amides is 1. The normalized spacial score (nSPS) is 11.2. The predicted molar refractivity (Wildman–Crippen MR) is 117 cm³/mol. The van der Waals surface area contributed by atoms with Gasteiger partial charge in [-0.2, -0.15) is 0 Å². The van der Waals surface area contributed by atoms with Crippen LogP contribution in [0.15, 0.2) is 72.8 Å². The van der Waals surface area contributed by atoms with Gasteiger partial charge in [-0.25, -0.2) is 0 Å². The molecule has 3 rings (SSSR count). The zero-order valence-electron chi connectivity index (χ0n) is 16.5. The molecule has 0 aliphatic rings. The Kier molecular flexibility index (Phi) is 6.19. The molecule has 29 heavy (non-hydrogen) atoms. The third kappa shape index (κ3) is 4.96. The highest BCUT2D eigenvalue weighted by atomic mass is 16.5. The minimum absolute atomic E-state index is 0.00131. The van der Waals surface area contributed by atoms with E-state index >= 15 is 0 Å². The number of phenolic OH excluding ortho intramolecular Hbond substituents is 1. The monoisotopic (exact) mass is 388 g/mol. The van der Waals surface area contributed by atoms with Crippen molar-refractivity contribution < 1.29 is 14.6 Å². The van der Waals surface area contributed by atoms with E-state index in [1.54, 1.807) is 18.2 Å². The molecule has 5 nitrogen and oxygen atoms in total. The Morgan fingerprint density at radius 1 is 1.07 bits per heavy atom. The van der Waals surface area contributed by atoms with Gasteiger partial charge < -0.3 is 20.5 Å². The molecule has 0 aromatic heterocycles. The maximum absolute atomic E-state index is 12.1. The zero-order chi connectivity index (χ0) is 20.8. The molecule has 148 valence electrons. The summed E-state index contributed by atoms with van der Waals surface area (Å²) in [6.45, 7) is 0.742. The number of benzene rings is 3. The van der Waals surface area contributed by atoms with E-state index < -0.39 is 5.91 Å². The molecular weight excluding hydrogens is 364 g/mol. The van der Waals surface area contributed by atoms with Crippen LogP contribution in [0, 0.1) is 0 Å². The number of hydrogen-bond acceptors (Lipinski definition) is 4. The third-order valence-electron chi connectivity index (χ3n) is 4.64. The van der Waals surface area contributed by atoms with Crippen LogP contribution < -0.4 is 15.4 Å². The van der Waals surface area contributed by atoms with Gasteiger partial charge in [0, 0.05) is 24.9 Å². The van der Waals surface area contributed by atoms with Gasteiger partial charge in [0.2, 0.25) is 5.91 Å². The van der Waals surface area contributed by atoms with E-state index in [0.717, 1.165) is 12.2 Å². The molecule has 0 atom stereocenters. The van der Waals surface area contributed by atoms with Gasteiger partial charge in [-0.1, -0.05) is 48.5 Å².